The Morgan fingerprint density at radius 2 is 1.36 bits per heavy atom. The molecule has 184 valence electrons. The molecule has 0 radical (unpaired) electrons. The molecule has 4 nitrogen and oxygen atoms in total. The van der Waals surface area contributed by atoms with Crippen molar-refractivity contribution in [1.82, 2.24) is 9.97 Å². The number of aromatic nitrogens is 2. The van der Waals surface area contributed by atoms with Crippen LogP contribution in [0.2, 0.25) is 18.1 Å². The third-order valence-corrected chi connectivity index (χ3v) is 11.2. The molecule has 0 unspecified atom stereocenters. The van der Waals surface area contributed by atoms with E-state index in [1.54, 1.807) is 0 Å². The topological polar surface area (TPSA) is 47.0 Å². The third-order valence-electron chi connectivity index (χ3n) is 6.82. The van der Waals surface area contributed by atoms with E-state index in [1.807, 2.05) is 12.4 Å². The lowest BCUT2D eigenvalue weighted by Crippen LogP contribution is -2.43. The first kappa shape index (κ1) is 27.4. The summed E-state index contributed by atoms with van der Waals surface area (Å²) < 4.78 is 6.37. The molecule has 1 heterocycles. The van der Waals surface area contributed by atoms with E-state index in [1.165, 1.54) is 64.2 Å². The van der Waals surface area contributed by atoms with E-state index in [9.17, 15) is 0 Å². The molecule has 0 aliphatic rings. The quantitative estimate of drug-likeness (QED) is 0.209. The monoisotopic (exact) mass is 469 g/mol. The molecule has 1 aromatic heterocycles. The minimum absolute atomic E-state index is 0.188. The van der Waals surface area contributed by atoms with E-state index >= 15 is 0 Å². The fraction of sp³-hybridized carbons (Fsp3) is 0.643. The van der Waals surface area contributed by atoms with Gasteiger partial charge in [0.25, 0.3) is 0 Å². The maximum Gasteiger partial charge on any atom is 0.250 e. The van der Waals surface area contributed by atoms with E-state index in [2.05, 4.69) is 80.3 Å². The first-order chi connectivity index (χ1) is 15.7. The summed E-state index contributed by atoms with van der Waals surface area (Å²) in [5, 5.41) is 3.60. The first-order valence-corrected chi connectivity index (χ1v) is 16.0. The molecule has 0 bridgehead atoms. The van der Waals surface area contributed by atoms with Crippen LogP contribution in [0.25, 0.3) is 11.3 Å². The molecule has 1 aromatic carbocycles. The van der Waals surface area contributed by atoms with Crippen molar-refractivity contribution in [1.29, 1.82) is 0 Å². The van der Waals surface area contributed by atoms with Crippen LogP contribution in [0.15, 0.2) is 36.7 Å². The van der Waals surface area contributed by atoms with Gasteiger partial charge in [0.2, 0.25) is 8.32 Å². The zero-order chi connectivity index (χ0) is 24.2. The Labute approximate surface area is 204 Å². The minimum atomic E-state index is -1.82. The average molecular weight is 470 g/mol. The normalized spacial score (nSPS) is 12.1. The van der Waals surface area contributed by atoms with Gasteiger partial charge in [0.1, 0.15) is 11.6 Å². The summed E-state index contributed by atoms with van der Waals surface area (Å²) in [5.41, 5.74) is 1.95. The standard InChI is InChI=1S/C28H47N3OSi/c1-7-8-9-10-11-12-13-14-15-16-21-29-27-23-30-26(22-31-27)24-17-19-25(20-18-24)32-33(5,6)28(2,3)4/h17-20,22-23H,7-16,21H2,1-6H3,(H,29,31). The fourth-order valence-corrected chi connectivity index (χ4v) is 4.57. The van der Waals surface area contributed by atoms with Gasteiger partial charge in [-0.2, -0.15) is 0 Å². The maximum atomic E-state index is 6.37. The summed E-state index contributed by atoms with van der Waals surface area (Å²) >= 11 is 0. The molecule has 2 aromatic rings. The van der Waals surface area contributed by atoms with E-state index < -0.39 is 8.32 Å². The summed E-state index contributed by atoms with van der Waals surface area (Å²) in [6, 6.07) is 8.25. The molecular weight excluding hydrogens is 422 g/mol. The van der Waals surface area contributed by atoms with Crippen molar-refractivity contribution in [2.75, 3.05) is 11.9 Å². The van der Waals surface area contributed by atoms with Gasteiger partial charge in [-0.3, -0.25) is 4.98 Å². The number of unbranched alkanes of at least 4 members (excludes halogenated alkanes) is 9. The van der Waals surface area contributed by atoms with Gasteiger partial charge >= 0.3 is 0 Å². The van der Waals surface area contributed by atoms with Crippen LogP contribution in [-0.4, -0.2) is 24.8 Å². The predicted molar refractivity (Wildman–Crippen MR) is 146 cm³/mol. The summed E-state index contributed by atoms with van der Waals surface area (Å²) in [6.45, 7) is 14.6. The lowest BCUT2D eigenvalue weighted by atomic mass is 10.1. The third kappa shape index (κ3) is 9.87. The number of nitrogens with zero attached hydrogens (tertiary/aromatic N) is 2. The number of benzene rings is 1. The zero-order valence-electron chi connectivity index (χ0n) is 22.0. The zero-order valence-corrected chi connectivity index (χ0v) is 23.0. The van der Waals surface area contributed by atoms with Crippen LogP contribution in [0.5, 0.6) is 5.75 Å². The molecule has 0 saturated carbocycles. The van der Waals surface area contributed by atoms with Gasteiger partial charge in [-0.25, -0.2) is 4.98 Å². The highest BCUT2D eigenvalue weighted by Crippen LogP contribution is 2.37. The number of hydrogen-bond donors (Lipinski definition) is 1. The van der Waals surface area contributed by atoms with Crippen molar-refractivity contribution in [2.45, 2.75) is 110 Å². The molecule has 0 saturated heterocycles. The van der Waals surface area contributed by atoms with E-state index in [0.29, 0.717) is 0 Å². The molecular formula is C28H47N3OSi. The van der Waals surface area contributed by atoms with Crippen molar-refractivity contribution in [3.8, 4) is 17.0 Å². The minimum Gasteiger partial charge on any atom is -0.544 e. The predicted octanol–water partition coefficient (Wildman–Crippen LogP) is 8.86. The fourth-order valence-electron chi connectivity index (χ4n) is 3.54. The smallest absolute Gasteiger partial charge is 0.250 e. The van der Waals surface area contributed by atoms with Crippen molar-refractivity contribution in [2.24, 2.45) is 0 Å². The summed E-state index contributed by atoms with van der Waals surface area (Å²) in [5.74, 6) is 1.79. The van der Waals surface area contributed by atoms with Crippen LogP contribution in [0, 0.1) is 0 Å². The number of hydrogen-bond acceptors (Lipinski definition) is 4. The Morgan fingerprint density at radius 3 is 1.88 bits per heavy atom. The van der Waals surface area contributed by atoms with Crippen LogP contribution in [-0.2, 0) is 0 Å². The Morgan fingerprint density at radius 1 is 0.788 bits per heavy atom. The van der Waals surface area contributed by atoms with Gasteiger partial charge in [0.15, 0.2) is 0 Å². The van der Waals surface area contributed by atoms with Crippen LogP contribution >= 0.6 is 0 Å². The van der Waals surface area contributed by atoms with E-state index in [-0.39, 0.29) is 5.04 Å². The SMILES string of the molecule is CCCCCCCCCCCCNc1cnc(-c2ccc(O[Si](C)(C)C(C)(C)C)cc2)cn1. The van der Waals surface area contributed by atoms with Crippen molar-refractivity contribution in [3.63, 3.8) is 0 Å². The Kier molecular flexibility index (Phi) is 11.4. The Hall–Kier alpha value is -1.88. The van der Waals surface area contributed by atoms with Gasteiger partial charge in [-0.15, -0.1) is 0 Å². The highest BCUT2D eigenvalue weighted by atomic mass is 28.4. The Bertz CT molecular complexity index is 782. The number of nitrogens with one attached hydrogen (secondary N) is 1. The molecule has 0 fully saturated rings. The second-order valence-electron chi connectivity index (χ2n) is 10.8. The van der Waals surface area contributed by atoms with Crippen LogP contribution in [0.4, 0.5) is 5.82 Å². The van der Waals surface area contributed by atoms with Crippen LogP contribution in [0.3, 0.4) is 0 Å². The Balaban J connectivity index is 1.68. The van der Waals surface area contributed by atoms with Gasteiger partial charge in [0.05, 0.1) is 18.1 Å². The highest BCUT2D eigenvalue weighted by Gasteiger charge is 2.38. The van der Waals surface area contributed by atoms with Crippen LogP contribution < -0.4 is 9.74 Å². The van der Waals surface area contributed by atoms with Crippen molar-refractivity contribution in [3.05, 3.63) is 36.7 Å². The second kappa shape index (κ2) is 13.7. The van der Waals surface area contributed by atoms with Gasteiger partial charge in [-0.05, 0) is 48.8 Å². The van der Waals surface area contributed by atoms with E-state index in [4.69, 9.17) is 4.43 Å². The lowest BCUT2D eigenvalue weighted by Gasteiger charge is -2.36. The summed E-state index contributed by atoms with van der Waals surface area (Å²) in [4.78, 5) is 9.16. The van der Waals surface area contributed by atoms with Crippen LogP contribution in [0.1, 0.15) is 91.9 Å². The maximum absolute atomic E-state index is 6.37. The molecule has 33 heavy (non-hydrogen) atoms. The molecule has 0 spiro atoms. The molecule has 2 rings (SSSR count). The molecule has 0 amide bonds. The highest BCUT2D eigenvalue weighted by molar-refractivity contribution is 6.74. The summed E-state index contributed by atoms with van der Waals surface area (Å²) in [6.07, 6.45) is 17.3. The van der Waals surface area contributed by atoms with Gasteiger partial charge in [0, 0.05) is 12.1 Å². The van der Waals surface area contributed by atoms with Gasteiger partial charge < -0.3 is 9.74 Å². The largest absolute Gasteiger partial charge is 0.544 e. The van der Waals surface area contributed by atoms with E-state index in [0.717, 1.165) is 29.4 Å². The number of anilines is 1. The molecule has 0 aliphatic carbocycles. The second-order valence-corrected chi connectivity index (χ2v) is 15.5. The average Bonchev–Trinajstić information content (AvgIpc) is 2.77. The van der Waals surface area contributed by atoms with Crippen molar-refractivity contribution >= 4 is 14.1 Å². The van der Waals surface area contributed by atoms with Crippen molar-refractivity contribution < 1.29 is 4.43 Å². The number of rotatable bonds is 15. The first-order valence-electron chi connectivity index (χ1n) is 13.1. The molecule has 5 heteroatoms. The lowest BCUT2D eigenvalue weighted by molar-refractivity contribution is 0.492. The molecule has 0 atom stereocenters. The molecule has 0 aliphatic heterocycles. The molecule has 1 N–H and O–H groups in total. The summed E-state index contributed by atoms with van der Waals surface area (Å²) in [7, 11) is -1.82. The van der Waals surface area contributed by atoms with Gasteiger partial charge in [-0.1, -0.05) is 85.5 Å².